The number of ether oxygens (including phenoxy) is 1. The lowest BCUT2D eigenvalue weighted by Crippen LogP contribution is -2.51. The molecule has 1 amide bonds. The number of anilines is 1. The number of benzene rings is 1. The SMILES string of the molecule is CC(C)(C)OC(=O)N1CCC2(CC1)c1cc(F)ccc1N[C@H]2O. The lowest BCUT2D eigenvalue weighted by molar-refractivity contribution is 0.00578. The highest BCUT2D eigenvalue weighted by molar-refractivity contribution is 5.69. The minimum Gasteiger partial charge on any atom is -0.444 e. The van der Waals surface area contributed by atoms with Crippen molar-refractivity contribution in [3.8, 4) is 0 Å². The molecule has 0 radical (unpaired) electrons. The summed E-state index contributed by atoms with van der Waals surface area (Å²) in [5.74, 6) is -0.311. The maximum absolute atomic E-state index is 13.6. The van der Waals surface area contributed by atoms with Crippen LogP contribution < -0.4 is 5.32 Å². The molecule has 0 aliphatic carbocycles. The molecule has 0 saturated carbocycles. The number of hydrogen-bond acceptors (Lipinski definition) is 4. The van der Waals surface area contributed by atoms with Crippen molar-refractivity contribution in [1.82, 2.24) is 4.90 Å². The molecule has 2 N–H and O–H groups in total. The normalized spacial score (nSPS) is 22.7. The van der Waals surface area contributed by atoms with Crippen LogP contribution >= 0.6 is 0 Å². The zero-order chi connectivity index (χ0) is 16.8. The molecular weight excluding hydrogens is 299 g/mol. The Hall–Kier alpha value is -1.82. The van der Waals surface area contributed by atoms with Gasteiger partial charge in [-0.2, -0.15) is 0 Å². The highest BCUT2D eigenvalue weighted by Crippen LogP contribution is 2.47. The highest BCUT2D eigenvalue weighted by Gasteiger charge is 2.49. The molecule has 0 unspecified atom stereocenters. The number of hydrogen-bond donors (Lipinski definition) is 2. The molecule has 2 heterocycles. The molecule has 126 valence electrons. The fourth-order valence-corrected chi connectivity index (χ4v) is 3.44. The van der Waals surface area contributed by atoms with Crippen LogP contribution in [0.3, 0.4) is 0 Å². The average Bonchev–Trinajstić information content (AvgIpc) is 2.71. The van der Waals surface area contributed by atoms with Gasteiger partial charge in [-0.25, -0.2) is 9.18 Å². The number of carbonyl (C=O) groups excluding carboxylic acids is 1. The second-order valence-corrected chi connectivity index (χ2v) is 7.36. The van der Waals surface area contributed by atoms with Gasteiger partial charge in [0.1, 0.15) is 17.6 Å². The Bertz CT molecular complexity index is 619. The number of nitrogens with one attached hydrogen (secondary N) is 1. The third-order valence-electron chi connectivity index (χ3n) is 4.64. The van der Waals surface area contributed by atoms with Crippen LogP contribution in [0.5, 0.6) is 0 Å². The van der Waals surface area contributed by atoms with Crippen molar-refractivity contribution in [3.05, 3.63) is 29.6 Å². The van der Waals surface area contributed by atoms with E-state index in [1.54, 1.807) is 11.0 Å². The van der Waals surface area contributed by atoms with Gasteiger partial charge in [0.05, 0.1) is 0 Å². The van der Waals surface area contributed by atoms with E-state index in [2.05, 4.69) is 5.32 Å². The minimum absolute atomic E-state index is 0.311. The summed E-state index contributed by atoms with van der Waals surface area (Å²) in [4.78, 5) is 13.8. The van der Waals surface area contributed by atoms with Gasteiger partial charge in [-0.3, -0.25) is 0 Å². The van der Waals surface area contributed by atoms with Gasteiger partial charge >= 0.3 is 6.09 Å². The Morgan fingerprint density at radius 2 is 2.04 bits per heavy atom. The van der Waals surface area contributed by atoms with E-state index < -0.39 is 17.2 Å². The van der Waals surface area contributed by atoms with Gasteiger partial charge in [0.15, 0.2) is 0 Å². The average molecular weight is 322 g/mol. The largest absolute Gasteiger partial charge is 0.444 e. The fourth-order valence-electron chi connectivity index (χ4n) is 3.44. The van der Waals surface area contributed by atoms with Crippen molar-refractivity contribution in [2.24, 2.45) is 0 Å². The molecule has 5 nitrogen and oxygen atoms in total. The van der Waals surface area contributed by atoms with Gasteiger partial charge in [0.2, 0.25) is 0 Å². The number of amides is 1. The third-order valence-corrected chi connectivity index (χ3v) is 4.64. The maximum atomic E-state index is 13.6. The van der Waals surface area contributed by atoms with Crippen LogP contribution in [0.2, 0.25) is 0 Å². The number of aliphatic hydroxyl groups excluding tert-OH is 1. The van der Waals surface area contributed by atoms with Gasteiger partial charge < -0.3 is 20.1 Å². The van der Waals surface area contributed by atoms with Crippen LogP contribution in [0.4, 0.5) is 14.9 Å². The lowest BCUT2D eigenvalue weighted by atomic mass is 9.73. The Kier molecular flexibility index (Phi) is 3.75. The summed E-state index contributed by atoms with van der Waals surface area (Å²) in [6.07, 6.45) is 0.0284. The molecule has 1 aromatic rings. The van der Waals surface area contributed by atoms with E-state index >= 15 is 0 Å². The van der Waals surface area contributed by atoms with E-state index in [1.165, 1.54) is 12.1 Å². The smallest absolute Gasteiger partial charge is 0.410 e. The van der Waals surface area contributed by atoms with Crippen molar-refractivity contribution in [3.63, 3.8) is 0 Å². The first-order chi connectivity index (χ1) is 10.7. The summed E-state index contributed by atoms with van der Waals surface area (Å²) in [5.41, 5.74) is 0.491. The van der Waals surface area contributed by atoms with E-state index in [0.29, 0.717) is 25.9 Å². The van der Waals surface area contributed by atoms with Crippen molar-refractivity contribution >= 4 is 11.8 Å². The third kappa shape index (κ3) is 2.87. The number of fused-ring (bicyclic) bond motifs is 2. The molecule has 1 spiro atoms. The monoisotopic (exact) mass is 322 g/mol. The number of nitrogens with zero attached hydrogens (tertiary/aromatic N) is 1. The standard InChI is InChI=1S/C17H23FN2O3/c1-16(2,3)23-15(22)20-8-6-17(7-9-20)12-10-11(18)4-5-13(12)19-14(17)21/h4-5,10,14,19,21H,6-9H2,1-3H3/t14-/m0/s1. The summed E-state index contributed by atoms with van der Waals surface area (Å²) >= 11 is 0. The van der Waals surface area contributed by atoms with Crippen molar-refractivity contribution in [2.75, 3.05) is 18.4 Å². The first kappa shape index (κ1) is 16.1. The van der Waals surface area contributed by atoms with Crippen molar-refractivity contribution < 1.29 is 19.0 Å². The van der Waals surface area contributed by atoms with Gasteiger partial charge in [-0.05, 0) is 57.4 Å². The molecular formula is C17H23FN2O3. The Balaban J connectivity index is 1.76. The zero-order valence-corrected chi connectivity index (χ0v) is 13.7. The van der Waals surface area contributed by atoms with Crippen molar-refractivity contribution in [2.45, 2.75) is 50.9 Å². The van der Waals surface area contributed by atoms with Gasteiger partial charge in [-0.15, -0.1) is 0 Å². The number of halogens is 1. The fraction of sp³-hybridized carbons (Fsp3) is 0.588. The second kappa shape index (κ2) is 5.37. The van der Waals surface area contributed by atoms with Crippen LogP contribution in [-0.2, 0) is 10.2 Å². The molecule has 0 aromatic heterocycles. The number of likely N-dealkylation sites (tertiary alicyclic amines) is 1. The topological polar surface area (TPSA) is 61.8 Å². The van der Waals surface area contributed by atoms with Crippen LogP contribution in [0.25, 0.3) is 0 Å². The van der Waals surface area contributed by atoms with Crippen LogP contribution in [0, 0.1) is 5.82 Å². The molecule has 1 fully saturated rings. The maximum Gasteiger partial charge on any atom is 0.410 e. The summed E-state index contributed by atoms with van der Waals surface area (Å²) < 4.78 is 19.0. The molecule has 6 heteroatoms. The summed E-state index contributed by atoms with van der Waals surface area (Å²) in [6.45, 7) is 6.45. The minimum atomic E-state index is -0.764. The van der Waals surface area contributed by atoms with Gasteiger partial charge in [0, 0.05) is 24.2 Å². The van der Waals surface area contributed by atoms with Gasteiger partial charge in [0.25, 0.3) is 0 Å². The molecule has 0 bridgehead atoms. The number of carbonyl (C=O) groups is 1. The summed E-state index contributed by atoms with van der Waals surface area (Å²) in [5, 5.41) is 13.5. The van der Waals surface area contributed by atoms with Crippen LogP contribution in [-0.4, -0.2) is 41.0 Å². The van der Waals surface area contributed by atoms with Crippen LogP contribution in [0.1, 0.15) is 39.2 Å². The number of piperidine rings is 1. The van der Waals surface area contributed by atoms with E-state index in [0.717, 1.165) is 11.3 Å². The van der Waals surface area contributed by atoms with E-state index in [1.807, 2.05) is 20.8 Å². The van der Waals surface area contributed by atoms with Crippen molar-refractivity contribution in [1.29, 1.82) is 0 Å². The number of aliphatic hydroxyl groups is 1. The highest BCUT2D eigenvalue weighted by atomic mass is 19.1. The Labute approximate surface area is 135 Å². The molecule has 1 saturated heterocycles. The quantitative estimate of drug-likeness (QED) is 0.771. The molecule has 23 heavy (non-hydrogen) atoms. The summed E-state index contributed by atoms with van der Waals surface area (Å²) in [6, 6.07) is 4.53. The zero-order valence-electron chi connectivity index (χ0n) is 13.7. The predicted molar refractivity (Wildman–Crippen MR) is 84.7 cm³/mol. The molecule has 2 aliphatic rings. The van der Waals surface area contributed by atoms with E-state index in [9.17, 15) is 14.3 Å². The predicted octanol–water partition coefficient (Wildman–Crippen LogP) is 2.84. The molecule has 1 aromatic carbocycles. The molecule has 1 atom stereocenters. The first-order valence-electron chi connectivity index (χ1n) is 7.94. The van der Waals surface area contributed by atoms with E-state index in [4.69, 9.17) is 4.74 Å². The first-order valence-corrected chi connectivity index (χ1v) is 7.94. The van der Waals surface area contributed by atoms with E-state index in [-0.39, 0.29) is 11.9 Å². The Morgan fingerprint density at radius 1 is 1.39 bits per heavy atom. The summed E-state index contributed by atoms with van der Waals surface area (Å²) in [7, 11) is 0. The lowest BCUT2D eigenvalue weighted by Gasteiger charge is -2.41. The van der Waals surface area contributed by atoms with Gasteiger partial charge in [-0.1, -0.05) is 0 Å². The Morgan fingerprint density at radius 3 is 2.65 bits per heavy atom. The van der Waals surface area contributed by atoms with Crippen LogP contribution in [0.15, 0.2) is 18.2 Å². The molecule has 2 aliphatic heterocycles. The number of rotatable bonds is 0. The second-order valence-electron chi connectivity index (χ2n) is 7.36. The molecule has 3 rings (SSSR count).